The molecule has 1 atom stereocenters. The van der Waals surface area contributed by atoms with Crippen molar-refractivity contribution >= 4 is 5.91 Å². The molecule has 1 saturated heterocycles. The Hall–Kier alpha value is -1.62. The summed E-state index contributed by atoms with van der Waals surface area (Å²) in [6, 6.07) is 1.52. The molecule has 1 aromatic heterocycles. The molecule has 3 N–H and O–H groups in total. The van der Waals surface area contributed by atoms with Gasteiger partial charge in [-0.05, 0) is 26.2 Å². The number of carbonyl (C=O) groups is 1. The molecule has 0 saturated carbocycles. The summed E-state index contributed by atoms with van der Waals surface area (Å²) < 4.78 is 0. The van der Waals surface area contributed by atoms with Gasteiger partial charge in [-0.2, -0.15) is 0 Å². The number of aromatic amines is 1. The molecule has 5 heteroatoms. The summed E-state index contributed by atoms with van der Waals surface area (Å²) in [4.78, 5) is 28.8. The van der Waals surface area contributed by atoms with Gasteiger partial charge < -0.3 is 15.6 Å². The second kappa shape index (κ2) is 5.35. The number of pyridine rings is 1. The maximum Gasteiger partial charge on any atom is 0.259 e. The van der Waals surface area contributed by atoms with Gasteiger partial charge >= 0.3 is 0 Å². The van der Waals surface area contributed by atoms with E-state index in [1.165, 1.54) is 12.3 Å². The van der Waals surface area contributed by atoms with Crippen LogP contribution in [-0.4, -0.2) is 34.9 Å². The van der Waals surface area contributed by atoms with Gasteiger partial charge in [0.2, 0.25) is 0 Å². The summed E-state index contributed by atoms with van der Waals surface area (Å²) in [5.41, 5.74) is 6.43. The van der Waals surface area contributed by atoms with Gasteiger partial charge in [-0.3, -0.25) is 9.59 Å². The highest BCUT2D eigenvalue weighted by Crippen LogP contribution is 2.17. The van der Waals surface area contributed by atoms with Gasteiger partial charge in [0.05, 0.1) is 0 Å². The molecule has 1 unspecified atom stereocenters. The number of aromatic nitrogens is 1. The van der Waals surface area contributed by atoms with Gasteiger partial charge in [0, 0.05) is 37.1 Å². The van der Waals surface area contributed by atoms with E-state index in [1.54, 1.807) is 11.8 Å². The van der Waals surface area contributed by atoms with Crippen molar-refractivity contribution in [2.75, 3.05) is 13.1 Å². The molecule has 98 valence electrons. The van der Waals surface area contributed by atoms with Crippen LogP contribution in [0.5, 0.6) is 0 Å². The van der Waals surface area contributed by atoms with E-state index in [9.17, 15) is 9.59 Å². The fourth-order valence-corrected chi connectivity index (χ4v) is 2.41. The lowest BCUT2D eigenvalue weighted by atomic mass is 10.0. The SMILES string of the molecule is Cc1cc(=O)c(C(=O)N2CCCCC2CN)c[nH]1. The Morgan fingerprint density at radius 3 is 3.00 bits per heavy atom. The first-order valence-corrected chi connectivity index (χ1v) is 6.34. The molecule has 2 rings (SSSR count). The fraction of sp³-hybridized carbons (Fsp3) is 0.538. The van der Waals surface area contributed by atoms with E-state index >= 15 is 0 Å². The number of amides is 1. The maximum atomic E-state index is 12.4. The standard InChI is InChI=1S/C13H19N3O2/c1-9-6-12(17)11(8-15-9)13(18)16-5-3-2-4-10(16)7-14/h6,8,10H,2-5,7,14H2,1H3,(H,15,17). The maximum absolute atomic E-state index is 12.4. The zero-order valence-electron chi connectivity index (χ0n) is 10.6. The van der Waals surface area contributed by atoms with Gasteiger partial charge in [-0.15, -0.1) is 0 Å². The summed E-state index contributed by atoms with van der Waals surface area (Å²) in [6.07, 6.45) is 4.50. The number of nitrogens with zero attached hydrogens (tertiary/aromatic N) is 1. The molecule has 0 aliphatic carbocycles. The minimum atomic E-state index is -0.224. The number of aryl methyl sites for hydroxylation is 1. The van der Waals surface area contributed by atoms with Crippen molar-refractivity contribution in [3.63, 3.8) is 0 Å². The monoisotopic (exact) mass is 249 g/mol. The molecule has 0 bridgehead atoms. The van der Waals surface area contributed by atoms with Crippen LogP contribution in [0.4, 0.5) is 0 Å². The van der Waals surface area contributed by atoms with E-state index in [0.29, 0.717) is 13.1 Å². The van der Waals surface area contributed by atoms with Crippen LogP contribution in [0, 0.1) is 6.92 Å². The van der Waals surface area contributed by atoms with Crippen LogP contribution in [0.15, 0.2) is 17.1 Å². The first-order chi connectivity index (χ1) is 8.63. The second-order valence-electron chi connectivity index (χ2n) is 4.78. The van der Waals surface area contributed by atoms with Crippen LogP contribution in [-0.2, 0) is 0 Å². The molecule has 0 aromatic carbocycles. The minimum absolute atomic E-state index is 0.0620. The topological polar surface area (TPSA) is 79.2 Å². The lowest BCUT2D eigenvalue weighted by Crippen LogP contribution is -2.48. The Morgan fingerprint density at radius 2 is 2.33 bits per heavy atom. The van der Waals surface area contributed by atoms with Crippen molar-refractivity contribution in [3.05, 3.63) is 33.7 Å². The first-order valence-electron chi connectivity index (χ1n) is 6.34. The number of hydrogen-bond donors (Lipinski definition) is 2. The third kappa shape index (κ3) is 2.46. The minimum Gasteiger partial charge on any atom is -0.364 e. The van der Waals surface area contributed by atoms with Crippen LogP contribution in [0.25, 0.3) is 0 Å². The van der Waals surface area contributed by atoms with Crippen molar-refractivity contribution in [3.8, 4) is 0 Å². The highest BCUT2D eigenvalue weighted by atomic mass is 16.2. The van der Waals surface area contributed by atoms with Gasteiger partial charge in [-0.1, -0.05) is 0 Å². The Kier molecular flexibility index (Phi) is 3.81. The molecule has 1 fully saturated rings. The lowest BCUT2D eigenvalue weighted by Gasteiger charge is -2.34. The predicted molar refractivity (Wildman–Crippen MR) is 69.5 cm³/mol. The number of nitrogens with two attached hydrogens (primary N) is 1. The number of likely N-dealkylation sites (tertiary alicyclic amines) is 1. The largest absolute Gasteiger partial charge is 0.364 e. The van der Waals surface area contributed by atoms with E-state index in [4.69, 9.17) is 5.73 Å². The van der Waals surface area contributed by atoms with Gasteiger partial charge in [0.15, 0.2) is 5.43 Å². The molecule has 0 radical (unpaired) electrons. The van der Waals surface area contributed by atoms with Crippen LogP contribution in [0.2, 0.25) is 0 Å². The molecule has 1 aliphatic heterocycles. The number of nitrogens with one attached hydrogen (secondary N) is 1. The fourth-order valence-electron chi connectivity index (χ4n) is 2.41. The molecule has 18 heavy (non-hydrogen) atoms. The molecular formula is C13H19N3O2. The van der Waals surface area contributed by atoms with Crippen LogP contribution < -0.4 is 11.2 Å². The highest BCUT2D eigenvalue weighted by Gasteiger charge is 2.27. The van der Waals surface area contributed by atoms with Gasteiger partial charge in [0.1, 0.15) is 5.56 Å². The Bertz CT molecular complexity index is 495. The number of piperidine rings is 1. The normalized spacial score (nSPS) is 19.9. The van der Waals surface area contributed by atoms with Gasteiger partial charge in [0.25, 0.3) is 5.91 Å². The lowest BCUT2D eigenvalue weighted by molar-refractivity contribution is 0.0621. The molecule has 2 heterocycles. The summed E-state index contributed by atoms with van der Waals surface area (Å²) in [5.74, 6) is -0.202. The molecule has 5 nitrogen and oxygen atoms in total. The summed E-state index contributed by atoms with van der Waals surface area (Å²) in [6.45, 7) is 2.93. The molecule has 1 aromatic rings. The van der Waals surface area contributed by atoms with Crippen molar-refractivity contribution in [2.24, 2.45) is 5.73 Å². The van der Waals surface area contributed by atoms with E-state index in [2.05, 4.69) is 4.98 Å². The van der Waals surface area contributed by atoms with Crippen molar-refractivity contribution in [2.45, 2.75) is 32.2 Å². The van der Waals surface area contributed by atoms with Crippen molar-refractivity contribution < 1.29 is 4.79 Å². The molecule has 1 amide bonds. The average molecular weight is 249 g/mol. The number of hydrogen-bond acceptors (Lipinski definition) is 3. The summed E-state index contributed by atoms with van der Waals surface area (Å²) in [5, 5.41) is 0. The van der Waals surface area contributed by atoms with Crippen molar-refractivity contribution in [1.82, 2.24) is 9.88 Å². The third-order valence-electron chi connectivity index (χ3n) is 3.45. The first kappa shape index (κ1) is 12.8. The van der Waals surface area contributed by atoms with E-state index in [0.717, 1.165) is 25.0 Å². The highest BCUT2D eigenvalue weighted by molar-refractivity contribution is 5.94. The van der Waals surface area contributed by atoms with Crippen LogP contribution >= 0.6 is 0 Å². The quantitative estimate of drug-likeness (QED) is 0.807. The number of H-pyrrole nitrogens is 1. The molecule has 0 spiro atoms. The summed E-state index contributed by atoms with van der Waals surface area (Å²) in [7, 11) is 0. The smallest absolute Gasteiger partial charge is 0.259 e. The van der Waals surface area contributed by atoms with Gasteiger partial charge in [-0.25, -0.2) is 0 Å². The zero-order chi connectivity index (χ0) is 13.1. The third-order valence-corrected chi connectivity index (χ3v) is 3.45. The van der Waals surface area contributed by atoms with E-state index < -0.39 is 0 Å². The predicted octanol–water partition coefficient (Wildman–Crippen LogP) is 0.637. The Morgan fingerprint density at radius 1 is 1.56 bits per heavy atom. The van der Waals surface area contributed by atoms with Crippen LogP contribution in [0.3, 0.4) is 0 Å². The van der Waals surface area contributed by atoms with Crippen molar-refractivity contribution in [1.29, 1.82) is 0 Å². The average Bonchev–Trinajstić information content (AvgIpc) is 2.38. The van der Waals surface area contributed by atoms with E-state index in [-0.39, 0.29) is 22.9 Å². The Labute approximate surface area is 106 Å². The second-order valence-corrected chi connectivity index (χ2v) is 4.78. The number of carbonyl (C=O) groups excluding carboxylic acids is 1. The summed E-state index contributed by atoms with van der Waals surface area (Å²) >= 11 is 0. The molecule has 1 aliphatic rings. The van der Waals surface area contributed by atoms with Crippen LogP contribution in [0.1, 0.15) is 35.3 Å². The zero-order valence-corrected chi connectivity index (χ0v) is 10.6. The Balaban J connectivity index is 2.27. The van der Waals surface area contributed by atoms with E-state index in [1.807, 2.05) is 0 Å². The number of rotatable bonds is 2. The molecular weight excluding hydrogens is 230 g/mol.